The lowest BCUT2D eigenvalue weighted by atomic mass is 9.98. The van der Waals surface area contributed by atoms with Crippen LogP contribution in [0.1, 0.15) is 58.1 Å². The summed E-state index contributed by atoms with van der Waals surface area (Å²) in [5, 5.41) is 3.48. The minimum Gasteiger partial charge on any atom is -0.372 e. The molecule has 1 N–H and O–H groups in total. The number of ether oxygens (including phenoxy) is 1. The van der Waals surface area contributed by atoms with E-state index >= 15 is 0 Å². The fourth-order valence-electron chi connectivity index (χ4n) is 4.22. The zero-order valence-corrected chi connectivity index (χ0v) is 23.0. The predicted octanol–water partition coefficient (Wildman–Crippen LogP) is 6.66. The third-order valence-corrected chi connectivity index (χ3v) is 6.45. The van der Waals surface area contributed by atoms with Gasteiger partial charge in [0, 0.05) is 38.9 Å². The Kier molecular flexibility index (Phi) is 10.1. The van der Waals surface area contributed by atoms with Crippen LogP contribution >= 0.6 is 0 Å². The number of hydrogen-bond acceptors (Lipinski definition) is 6. The van der Waals surface area contributed by atoms with Gasteiger partial charge in [-0.25, -0.2) is 0 Å². The van der Waals surface area contributed by atoms with Gasteiger partial charge in [-0.1, -0.05) is 63.2 Å². The standard InChI is InChI=1S/C22H33N5O.C8H10/c1-7-15(2)18-9-8-10-19(11-18)23-20-12-21(26(5)6)25-22(24-20)27-13-16(3)28-17(4)14-27;1-2-8-6-4-3-5-7-8/h8-12,15-17H,7,13-14H2,1-6H3,(H,23,24,25);3-7H,2H2,1H3/t15?,16-,17?;/m0./s1. The highest BCUT2D eigenvalue weighted by atomic mass is 16.5. The van der Waals surface area contributed by atoms with Crippen molar-refractivity contribution >= 4 is 23.3 Å². The van der Waals surface area contributed by atoms with Crippen LogP contribution in [0.4, 0.5) is 23.3 Å². The van der Waals surface area contributed by atoms with Crippen LogP contribution in [0.25, 0.3) is 0 Å². The first-order valence-corrected chi connectivity index (χ1v) is 13.2. The maximum Gasteiger partial charge on any atom is 0.229 e. The van der Waals surface area contributed by atoms with Gasteiger partial charge in [-0.05, 0) is 55.9 Å². The summed E-state index contributed by atoms with van der Waals surface area (Å²) >= 11 is 0. The average molecular weight is 490 g/mol. The van der Waals surface area contributed by atoms with Crippen molar-refractivity contribution < 1.29 is 4.74 Å². The molecule has 2 aromatic carbocycles. The molecule has 3 aromatic rings. The number of nitrogens with zero attached hydrogens (tertiary/aromatic N) is 4. The number of aromatic nitrogens is 2. The number of benzene rings is 2. The van der Waals surface area contributed by atoms with Crippen LogP contribution < -0.4 is 15.1 Å². The Morgan fingerprint density at radius 1 is 0.972 bits per heavy atom. The van der Waals surface area contributed by atoms with Crippen LogP contribution in [0.2, 0.25) is 0 Å². The molecule has 36 heavy (non-hydrogen) atoms. The predicted molar refractivity (Wildman–Crippen MR) is 153 cm³/mol. The molecule has 0 radical (unpaired) electrons. The van der Waals surface area contributed by atoms with Crippen LogP contribution in [-0.2, 0) is 11.2 Å². The van der Waals surface area contributed by atoms with Crippen molar-refractivity contribution in [3.05, 3.63) is 71.8 Å². The average Bonchev–Trinajstić information content (AvgIpc) is 2.88. The van der Waals surface area contributed by atoms with E-state index in [4.69, 9.17) is 14.7 Å². The maximum absolute atomic E-state index is 5.86. The first-order chi connectivity index (χ1) is 17.3. The molecule has 0 bridgehead atoms. The Bertz CT molecular complexity index is 1060. The molecule has 1 aliphatic rings. The lowest BCUT2D eigenvalue weighted by Gasteiger charge is -2.35. The summed E-state index contributed by atoms with van der Waals surface area (Å²) in [6.07, 6.45) is 2.60. The van der Waals surface area contributed by atoms with Crippen molar-refractivity contribution in [3.8, 4) is 0 Å². The molecule has 1 saturated heterocycles. The van der Waals surface area contributed by atoms with E-state index in [0.29, 0.717) is 5.92 Å². The van der Waals surface area contributed by atoms with E-state index < -0.39 is 0 Å². The van der Waals surface area contributed by atoms with Gasteiger partial charge in [-0.15, -0.1) is 0 Å². The highest BCUT2D eigenvalue weighted by molar-refractivity contribution is 5.62. The number of anilines is 4. The molecule has 0 spiro atoms. The van der Waals surface area contributed by atoms with Crippen molar-refractivity contribution in [2.45, 2.75) is 65.6 Å². The molecule has 1 aromatic heterocycles. The van der Waals surface area contributed by atoms with Gasteiger partial charge in [-0.3, -0.25) is 0 Å². The monoisotopic (exact) mass is 489 g/mol. The molecule has 6 nitrogen and oxygen atoms in total. The van der Waals surface area contributed by atoms with Gasteiger partial charge >= 0.3 is 0 Å². The highest BCUT2D eigenvalue weighted by Gasteiger charge is 2.25. The SMILES string of the molecule is CCC(C)c1cccc(Nc2cc(N(C)C)nc(N3CC(C)O[C@@H](C)C3)n2)c1.CCc1ccccc1. The Hall–Kier alpha value is -3.12. The largest absolute Gasteiger partial charge is 0.372 e. The second-order valence-corrected chi connectivity index (χ2v) is 9.87. The second kappa shape index (κ2) is 13.3. The van der Waals surface area contributed by atoms with Crippen molar-refractivity contribution in [1.29, 1.82) is 0 Å². The molecule has 1 fully saturated rings. The van der Waals surface area contributed by atoms with Crippen molar-refractivity contribution in [1.82, 2.24) is 9.97 Å². The zero-order chi connectivity index (χ0) is 26.1. The Morgan fingerprint density at radius 2 is 1.67 bits per heavy atom. The number of nitrogens with one attached hydrogen (secondary N) is 1. The smallest absolute Gasteiger partial charge is 0.229 e. The highest BCUT2D eigenvalue weighted by Crippen LogP contribution is 2.27. The summed E-state index contributed by atoms with van der Waals surface area (Å²) in [7, 11) is 4.01. The number of rotatable bonds is 7. The minimum absolute atomic E-state index is 0.166. The maximum atomic E-state index is 5.86. The van der Waals surface area contributed by atoms with Crippen LogP contribution in [-0.4, -0.2) is 49.4 Å². The first-order valence-electron chi connectivity index (χ1n) is 13.2. The Labute approximate surface area is 217 Å². The zero-order valence-electron chi connectivity index (χ0n) is 23.0. The normalized spacial score (nSPS) is 18.1. The summed E-state index contributed by atoms with van der Waals surface area (Å²) in [5.41, 5.74) is 3.80. The fourth-order valence-corrected chi connectivity index (χ4v) is 4.22. The number of aryl methyl sites for hydroxylation is 1. The molecular formula is C30H43N5O. The Morgan fingerprint density at radius 3 is 2.25 bits per heavy atom. The summed E-state index contributed by atoms with van der Waals surface area (Å²) < 4.78 is 5.86. The third-order valence-electron chi connectivity index (χ3n) is 6.45. The van der Waals surface area contributed by atoms with Crippen molar-refractivity contribution in [3.63, 3.8) is 0 Å². The van der Waals surface area contributed by atoms with Gasteiger partial charge < -0.3 is 19.9 Å². The quantitative estimate of drug-likeness (QED) is 0.400. The molecule has 1 aliphatic heterocycles. The summed E-state index contributed by atoms with van der Waals surface area (Å²) in [6, 6.07) is 21.0. The van der Waals surface area contributed by atoms with Crippen molar-refractivity contribution in [2.24, 2.45) is 0 Å². The van der Waals surface area contributed by atoms with Crippen LogP contribution in [0.15, 0.2) is 60.7 Å². The molecule has 2 unspecified atom stereocenters. The fraction of sp³-hybridized carbons (Fsp3) is 0.467. The van der Waals surface area contributed by atoms with Gasteiger partial charge in [0.15, 0.2) is 0 Å². The molecule has 194 valence electrons. The molecular weight excluding hydrogens is 446 g/mol. The molecule has 2 heterocycles. The number of hydrogen-bond donors (Lipinski definition) is 1. The van der Waals surface area contributed by atoms with Crippen molar-refractivity contribution in [2.75, 3.05) is 42.3 Å². The van der Waals surface area contributed by atoms with E-state index in [1.807, 2.05) is 31.1 Å². The van der Waals surface area contributed by atoms with E-state index in [9.17, 15) is 0 Å². The molecule has 0 aliphatic carbocycles. The topological polar surface area (TPSA) is 53.5 Å². The van der Waals surface area contributed by atoms with Crippen LogP contribution in [0, 0.1) is 0 Å². The van der Waals surface area contributed by atoms with Gasteiger partial charge in [-0.2, -0.15) is 9.97 Å². The van der Waals surface area contributed by atoms with E-state index in [1.165, 1.54) is 11.1 Å². The van der Waals surface area contributed by atoms with E-state index in [1.54, 1.807) is 0 Å². The van der Waals surface area contributed by atoms with Gasteiger partial charge in [0.25, 0.3) is 0 Å². The molecule has 0 saturated carbocycles. The first kappa shape index (κ1) is 27.5. The lowest BCUT2D eigenvalue weighted by molar-refractivity contribution is -0.00570. The molecule has 3 atom stereocenters. The number of morpholine rings is 1. The minimum atomic E-state index is 0.166. The van der Waals surface area contributed by atoms with E-state index in [2.05, 4.69) is 93.4 Å². The van der Waals surface area contributed by atoms with Gasteiger partial charge in [0.1, 0.15) is 11.6 Å². The molecule has 0 amide bonds. The molecule has 6 heteroatoms. The molecule has 4 rings (SSSR count). The van der Waals surface area contributed by atoms with Gasteiger partial charge in [0.05, 0.1) is 12.2 Å². The summed E-state index contributed by atoms with van der Waals surface area (Å²) in [6.45, 7) is 12.4. The summed E-state index contributed by atoms with van der Waals surface area (Å²) in [4.78, 5) is 13.8. The van der Waals surface area contributed by atoms with Gasteiger partial charge in [0.2, 0.25) is 5.95 Å². The Balaban J connectivity index is 0.000000383. The lowest BCUT2D eigenvalue weighted by Crippen LogP contribution is -2.46. The second-order valence-electron chi connectivity index (χ2n) is 9.87. The van der Waals surface area contributed by atoms with Crippen LogP contribution in [0.5, 0.6) is 0 Å². The van der Waals surface area contributed by atoms with E-state index in [-0.39, 0.29) is 12.2 Å². The van der Waals surface area contributed by atoms with E-state index in [0.717, 1.165) is 49.2 Å². The third kappa shape index (κ3) is 7.95. The summed E-state index contributed by atoms with van der Waals surface area (Å²) in [5.74, 6) is 2.98. The van der Waals surface area contributed by atoms with Crippen LogP contribution in [0.3, 0.4) is 0 Å².